The van der Waals surface area contributed by atoms with Gasteiger partial charge in [-0.2, -0.15) is 0 Å². The summed E-state index contributed by atoms with van der Waals surface area (Å²) < 4.78 is 24.7. The van der Waals surface area contributed by atoms with Gasteiger partial charge in [-0.25, -0.2) is 13.1 Å². The highest BCUT2D eigenvalue weighted by molar-refractivity contribution is 7.89. The summed E-state index contributed by atoms with van der Waals surface area (Å²) in [5.74, 6) is -0.0854. The first-order chi connectivity index (χ1) is 9.44. The molecule has 0 aliphatic carbocycles. The molecule has 6 nitrogen and oxygen atoms in total. The zero-order valence-corrected chi connectivity index (χ0v) is 13.6. The Bertz CT molecular complexity index is 549. The Morgan fingerprint density at radius 1 is 1.24 bits per heavy atom. The maximum absolute atomic E-state index is 11.6. The van der Waals surface area contributed by atoms with E-state index >= 15 is 0 Å². The summed E-state index contributed by atoms with van der Waals surface area (Å²) in [7, 11) is -3.20. The van der Waals surface area contributed by atoms with Gasteiger partial charge in [-0.3, -0.25) is 4.79 Å². The van der Waals surface area contributed by atoms with E-state index in [9.17, 15) is 13.2 Å². The van der Waals surface area contributed by atoms with Crippen LogP contribution in [0.5, 0.6) is 0 Å². The van der Waals surface area contributed by atoms with E-state index in [2.05, 4.69) is 10.0 Å². The van der Waals surface area contributed by atoms with Crippen LogP contribution in [-0.4, -0.2) is 33.2 Å². The van der Waals surface area contributed by atoms with Gasteiger partial charge < -0.3 is 11.1 Å². The lowest BCUT2D eigenvalue weighted by Crippen LogP contribution is -2.35. The SMILES string of the molecule is CCS(=O)(=O)NCCNC(=O)CCc1ccccc1N.Cl. The van der Waals surface area contributed by atoms with Gasteiger partial charge in [0.25, 0.3) is 0 Å². The first-order valence-corrected chi connectivity index (χ1v) is 8.17. The second kappa shape index (κ2) is 9.59. The summed E-state index contributed by atoms with van der Waals surface area (Å²) >= 11 is 0. The Morgan fingerprint density at radius 3 is 2.52 bits per heavy atom. The van der Waals surface area contributed by atoms with Crippen LogP contribution in [0.1, 0.15) is 18.9 Å². The molecule has 120 valence electrons. The molecular formula is C13H22ClN3O3S. The van der Waals surface area contributed by atoms with Crippen molar-refractivity contribution in [2.45, 2.75) is 19.8 Å². The number of rotatable bonds is 8. The minimum Gasteiger partial charge on any atom is -0.399 e. The minimum atomic E-state index is -3.20. The highest BCUT2D eigenvalue weighted by atomic mass is 35.5. The van der Waals surface area contributed by atoms with Crippen molar-refractivity contribution < 1.29 is 13.2 Å². The fourth-order valence-corrected chi connectivity index (χ4v) is 2.23. The number of nitrogens with two attached hydrogens (primary N) is 1. The van der Waals surface area contributed by atoms with Crippen molar-refractivity contribution in [2.24, 2.45) is 0 Å². The topological polar surface area (TPSA) is 101 Å². The minimum absolute atomic E-state index is 0. The quantitative estimate of drug-likeness (QED) is 0.480. The second-order valence-electron chi connectivity index (χ2n) is 4.35. The van der Waals surface area contributed by atoms with Crippen molar-refractivity contribution >= 4 is 34.0 Å². The number of aryl methyl sites for hydroxylation is 1. The predicted octanol–water partition coefficient (Wildman–Crippen LogP) is 0.679. The molecule has 0 saturated heterocycles. The summed E-state index contributed by atoms with van der Waals surface area (Å²) in [5, 5.41) is 2.66. The van der Waals surface area contributed by atoms with Crippen LogP contribution in [0.15, 0.2) is 24.3 Å². The molecule has 1 rings (SSSR count). The summed E-state index contributed by atoms with van der Waals surface area (Å²) in [6.07, 6.45) is 0.897. The summed E-state index contributed by atoms with van der Waals surface area (Å²) in [4.78, 5) is 11.6. The van der Waals surface area contributed by atoms with Gasteiger partial charge in [-0.1, -0.05) is 18.2 Å². The third kappa shape index (κ3) is 7.89. The average molecular weight is 336 g/mol. The molecule has 0 fully saturated rings. The van der Waals surface area contributed by atoms with Gasteiger partial charge in [0, 0.05) is 25.2 Å². The van der Waals surface area contributed by atoms with E-state index in [1.807, 2.05) is 18.2 Å². The van der Waals surface area contributed by atoms with E-state index in [4.69, 9.17) is 5.73 Å². The molecule has 1 aromatic rings. The largest absolute Gasteiger partial charge is 0.399 e. The molecule has 0 heterocycles. The van der Waals surface area contributed by atoms with Gasteiger partial charge in [0.2, 0.25) is 15.9 Å². The maximum atomic E-state index is 11.6. The van der Waals surface area contributed by atoms with Crippen molar-refractivity contribution in [1.82, 2.24) is 10.0 Å². The molecule has 0 aliphatic heterocycles. The highest BCUT2D eigenvalue weighted by Crippen LogP contribution is 2.12. The number of nitrogen functional groups attached to an aromatic ring is 1. The average Bonchev–Trinajstić information content (AvgIpc) is 2.43. The number of nitrogens with one attached hydrogen (secondary N) is 2. The van der Waals surface area contributed by atoms with Crippen LogP contribution >= 0.6 is 12.4 Å². The van der Waals surface area contributed by atoms with E-state index in [1.165, 1.54) is 0 Å². The highest BCUT2D eigenvalue weighted by Gasteiger charge is 2.06. The Labute approximate surface area is 132 Å². The summed E-state index contributed by atoms with van der Waals surface area (Å²) in [5.41, 5.74) is 7.40. The first kappa shape index (κ1) is 19.7. The third-order valence-electron chi connectivity index (χ3n) is 2.83. The maximum Gasteiger partial charge on any atom is 0.220 e. The zero-order valence-electron chi connectivity index (χ0n) is 12.0. The van der Waals surface area contributed by atoms with Gasteiger partial charge in [-0.05, 0) is 25.0 Å². The Morgan fingerprint density at radius 2 is 1.90 bits per heavy atom. The Hall–Kier alpha value is -1.31. The summed E-state index contributed by atoms with van der Waals surface area (Å²) in [6, 6.07) is 7.41. The summed E-state index contributed by atoms with van der Waals surface area (Å²) in [6.45, 7) is 2.04. The Balaban J connectivity index is 0.00000400. The fraction of sp³-hybridized carbons (Fsp3) is 0.462. The van der Waals surface area contributed by atoms with Crippen LogP contribution < -0.4 is 15.8 Å². The van der Waals surface area contributed by atoms with Gasteiger partial charge in [0.05, 0.1) is 5.75 Å². The lowest BCUT2D eigenvalue weighted by molar-refractivity contribution is -0.121. The van der Waals surface area contributed by atoms with Crippen LogP contribution in [0.25, 0.3) is 0 Å². The zero-order chi connectivity index (χ0) is 15.0. The van der Waals surface area contributed by atoms with E-state index in [0.717, 1.165) is 5.56 Å². The predicted molar refractivity (Wildman–Crippen MR) is 86.9 cm³/mol. The number of sulfonamides is 1. The molecule has 8 heteroatoms. The van der Waals surface area contributed by atoms with Crippen molar-refractivity contribution in [3.05, 3.63) is 29.8 Å². The van der Waals surface area contributed by atoms with Crippen molar-refractivity contribution in [3.8, 4) is 0 Å². The number of halogens is 1. The van der Waals surface area contributed by atoms with Crippen LogP contribution in [0, 0.1) is 0 Å². The van der Waals surface area contributed by atoms with Crippen LogP contribution in [0.2, 0.25) is 0 Å². The molecule has 4 N–H and O–H groups in total. The normalized spacial score (nSPS) is 10.7. The number of para-hydroxylation sites is 1. The lowest BCUT2D eigenvalue weighted by atomic mass is 10.1. The van der Waals surface area contributed by atoms with Crippen LogP contribution in [-0.2, 0) is 21.2 Å². The van der Waals surface area contributed by atoms with E-state index in [0.29, 0.717) is 18.5 Å². The number of carbonyl (C=O) groups is 1. The van der Waals surface area contributed by atoms with Gasteiger partial charge in [0.15, 0.2) is 0 Å². The number of hydrogen-bond donors (Lipinski definition) is 3. The van der Waals surface area contributed by atoms with E-state index in [1.54, 1.807) is 13.0 Å². The van der Waals surface area contributed by atoms with Crippen LogP contribution in [0.3, 0.4) is 0 Å². The number of hydrogen-bond acceptors (Lipinski definition) is 4. The number of carbonyl (C=O) groups excluding carboxylic acids is 1. The molecular weight excluding hydrogens is 314 g/mol. The molecule has 1 amide bonds. The molecule has 0 atom stereocenters. The monoisotopic (exact) mass is 335 g/mol. The fourth-order valence-electron chi connectivity index (χ4n) is 1.61. The smallest absolute Gasteiger partial charge is 0.220 e. The number of amides is 1. The molecule has 0 saturated carbocycles. The second-order valence-corrected chi connectivity index (χ2v) is 6.44. The molecule has 0 radical (unpaired) electrons. The standard InChI is InChI=1S/C13H21N3O3S.ClH/c1-2-20(18,19)16-10-9-15-13(17)8-7-11-5-3-4-6-12(11)14;/h3-6,16H,2,7-10,14H2,1H3,(H,15,17);1H. The number of anilines is 1. The third-order valence-corrected chi connectivity index (χ3v) is 4.23. The van der Waals surface area contributed by atoms with Gasteiger partial charge in [0.1, 0.15) is 0 Å². The molecule has 0 aromatic heterocycles. The van der Waals surface area contributed by atoms with Gasteiger partial charge in [-0.15, -0.1) is 12.4 Å². The van der Waals surface area contributed by atoms with E-state index in [-0.39, 0.29) is 37.2 Å². The van der Waals surface area contributed by atoms with Crippen molar-refractivity contribution in [2.75, 3.05) is 24.6 Å². The van der Waals surface area contributed by atoms with Crippen molar-refractivity contribution in [3.63, 3.8) is 0 Å². The molecule has 21 heavy (non-hydrogen) atoms. The lowest BCUT2D eigenvalue weighted by Gasteiger charge is -2.07. The molecule has 1 aromatic carbocycles. The molecule has 0 unspecified atom stereocenters. The molecule has 0 bridgehead atoms. The van der Waals surface area contributed by atoms with Gasteiger partial charge >= 0.3 is 0 Å². The number of benzene rings is 1. The van der Waals surface area contributed by atoms with E-state index < -0.39 is 10.0 Å². The molecule has 0 spiro atoms. The molecule has 0 aliphatic rings. The Kier molecular flexibility index (Phi) is 9.00. The van der Waals surface area contributed by atoms with Crippen LogP contribution in [0.4, 0.5) is 5.69 Å². The first-order valence-electron chi connectivity index (χ1n) is 6.52. The van der Waals surface area contributed by atoms with Crippen molar-refractivity contribution in [1.29, 1.82) is 0 Å².